The maximum absolute atomic E-state index is 9.01. The maximum atomic E-state index is 9.01. The third kappa shape index (κ3) is 3.80. The van der Waals surface area contributed by atoms with Crippen molar-refractivity contribution in [2.24, 2.45) is 0 Å². The van der Waals surface area contributed by atoms with Gasteiger partial charge in [-0.25, -0.2) is 0 Å². The molecule has 2 N–H and O–H groups in total. The Morgan fingerprint density at radius 2 is 2.00 bits per heavy atom. The molecule has 0 saturated carbocycles. The number of benzene rings is 1. The summed E-state index contributed by atoms with van der Waals surface area (Å²) in [5, 5.41) is 18.6. The van der Waals surface area contributed by atoms with Crippen LogP contribution in [0.5, 0.6) is 5.75 Å². The second kappa shape index (κ2) is 4.72. The molecule has 3 heteroatoms. The number of aromatic hydroxyl groups is 1. The van der Waals surface area contributed by atoms with Gasteiger partial charge in [0.1, 0.15) is 5.75 Å². The molecule has 0 aromatic heterocycles. The lowest BCUT2D eigenvalue weighted by Crippen LogP contribution is -1.73. The normalized spacial score (nSPS) is 10.5. The summed E-state index contributed by atoms with van der Waals surface area (Å²) in [5.74, 6) is 0.271. The van der Waals surface area contributed by atoms with Crippen LogP contribution < -0.4 is 0 Å². The first kappa shape index (κ1) is 9.86. The van der Waals surface area contributed by atoms with Crippen LogP contribution >= 0.6 is 11.8 Å². The maximum Gasteiger partial charge on any atom is 0.115 e. The molecule has 0 spiro atoms. The van der Waals surface area contributed by atoms with E-state index in [4.69, 9.17) is 10.5 Å². The van der Waals surface area contributed by atoms with Gasteiger partial charge >= 0.3 is 0 Å². The van der Waals surface area contributed by atoms with Crippen molar-refractivity contribution in [3.05, 3.63) is 35.2 Å². The van der Waals surface area contributed by atoms with Crippen LogP contribution in [0.25, 0.3) is 6.08 Å². The van der Waals surface area contributed by atoms with Crippen molar-refractivity contribution in [2.75, 3.05) is 0 Å². The Morgan fingerprint density at radius 3 is 2.54 bits per heavy atom. The van der Waals surface area contributed by atoms with Crippen LogP contribution in [0.4, 0.5) is 0 Å². The number of thioether (sulfide) groups is 1. The number of hydrogen-bond donors (Lipinski definition) is 2. The standard InChI is InChI=1S/C10H11NOS/c1-8(11)13-7-6-9-2-4-10(12)5-3-9/h2-7,11-12H,1H3/b7-6+,11-8?. The summed E-state index contributed by atoms with van der Waals surface area (Å²) < 4.78 is 0. The average Bonchev–Trinajstić information content (AvgIpc) is 2.08. The number of rotatable bonds is 2. The summed E-state index contributed by atoms with van der Waals surface area (Å²) in [6.45, 7) is 1.74. The van der Waals surface area contributed by atoms with Crippen molar-refractivity contribution >= 4 is 22.9 Å². The van der Waals surface area contributed by atoms with E-state index in [1.54, 1.807) is 19.1 Å². The highest BCUT2D eigenvalue weighted by molar-refractivity contribution is 8.16. The summed E-state index contributed by atoms with van der Waals surface area (Å²) in [6.07, 6.45) is 1.90. The minimum absolute atomic E-state index is 0.271. The van der Waals surface area contributed by atoms with E-state index in [-0.39, 0.29) is 5.75 Å². The van der Waals surface area contributed by atoms with Gasteiger partial charge in [-0.05, 0) is 36.1 Å². The summed E-state index contributed by atoms with van der Waals surface area (Å²) in [6, 6.07) is 6.93. The minimum atomic E-state index is 0.271. The van der Waals surface area contributed by atoms with E-state index in [2.05, 4.69) is 0 Å². The zero-order chi connectivity index (χ0) is 9.68. The van der Waals surface area contributed by atoms with Crippen LogP contribution in [0.2, 0.25) is 0 Å². The van der Waals surface area contributed by atoms with Crippen LogP contribution in [0.15, 0.2) is 29.7 Å². The smallest absolute Gasteiger partial charge is 0.115 e. The van der Waals surface area contributed by atoms with Gasteiger partial charge in [-0.3, -0.25) is 5.41 Å². The number of phenols is 1. The van der Waals surface area contributed by atoms with Gasteiger partial charge in [0.2, 0.25) is 0 Å². The summed E-state index contributed by atoms with van der Waals surface area (Å²) >= 11 is 1.37. The highest BCUT2D eigenvalue weighted by atomic mass is 32.2. The van der Waals surface area contributed by atoms with Crippen LogP contribution in [-0.2, 0) is 0 Å². The molecule has 0 amide bonds. The average molecular weight is 193 g/mol. The molecule has 0 radical (unpaired) electrons. The van der Waals surface area contributed by atoms with Crippen molar-refractivity contribution in [3.8, 4) is 5.75 Å². The first-order valence-electron chi connectivity index (χ1n) is 3.86. The van der Waals surface area contributed by atoms with Crippen molar-refractivity contribution in [1.29, 1.82) is 5.41 Å². The van der Waals surface area contributed by atoms with E-state index in [0.717, 1.165) is 5.56 Å². The Hall–Kier alpha value is -1.22. The Bertz CT molecular complexity index is 316. The van der Waals surface area contributed by atoms with Gasteiger partial charge in [-0.15, -0.1) is 0 Å². The molecule has 0 aliphatic heterocycles. The number of phenolic OH excluding ortho intramolecular Hbond substituents is 1. The van der Waals surface area contributed by atoms with E-state index in [0.29, 0.717) is 5.04 Å². The SMILES string of the molecule is CC(=N)S/C=C/c1ccc(O)cc1. The van der Waals surface area contributed by atoms with E-state index in [1.807, 2.05) is 23.6 Å². The summed E-state index contributed by atoms with van der Waals surface area (Å²) in [7, 11) is 0. The molecule has 0 bridgehead atoms. The predicted octanol–water partition coefficient (Wildman–Crippen LogP) is 3.09. The van der Waals surface area contributed by atoms with Crippen molar-refractivity contribution in [1.82, 2.24) is 0 Å². The highest BCUT2D eigenvalue weighted by Gasteiger charge is 1.87. The lowest BCUT2D eigenvalue weighted by Gasteiger charge is -1.93. The van der Waals surface area contributed by atoms with Gasteiger partial charge in [0.15, 0.2) is 0 Å². The first-order chi connectivity index (χ1) is 6.18. The van der Waals surface area contributed by atoms with Crippen molar-refractivity contribution in [2.45, 2.75) is 6.92 Å². The molecule has 0 aliphatic rings. The monoisotopic (exact) mass is 193 g/mol. The van der Waals surface area contributed by atoms with Crippen molar-refractivity contribution in [3.63, 3.8) is 0 Å². The fourth-order valence-electron chi connectivity index (χ4n) is 0.800. The highest BCUT2D eigenvalue weighted by Crippen LogP contribution is 2.13. The van der Waals surface area contributed by atoms with Crippen LogP contribution in [0, 0.1) is 5.41 Å². The second-order valence-electron chi connectivity index (χ2n) is 2.57. The minimum Gasteiger partial charge on any atom is -0.508 e. The van der Waals surface area contributed by atoms with E-state index in [1.165, 1.54) is 11.8 Å². The van der Waals surface area contributed by atoms with Gasteiger partial charge in [-0.1, -0.05) is 23.9 Å². The van der Waals surface area contributed by atoms with E-state index in [9.17, 15) is 0 Å². The molecule has 13 heavy (non-hydrogen) atoms. The Kier molecular flexibility index (Phi) is 3.58. The van der Waals surface area contributed by atoms with Crippen LogP contribution in [-0.4, -0.2) is 10.2 Å². The van der Waals surface area contributed by atoms with Crippen molar-refractivity contribution < 1.29 is 5.11 Å². The lowest BCUT2D eigenvalue weighted by atomic mass is 10.2. The van der Waals surface area contributed by atoms with Gasteiger partial charge in [0, 0.05) is 0 Å². The first-order valence-corrected chi connectivity index (χ1v) is 4.74. The van der Waals surface area contributed by atoms with Gasteiger partial charge < -0.3 is 5.11 Å². The fraction of sp³-hybridized carbons (Fsp3) is 0.100. The number of nitrogens with one attached hydrogen (secondary N) is 1. The molecule has 0 aliphatic carbocycles. The summed E-state index contributed by atoms with van der Waals surface area (Å²) in [5.41, 5.74) is 1.02. The fourth-order valence-corrected chi connectivity index (χ4v) is 1.23. The molecule has 1 rings (SSSR count). The topological polar surface area (TPSA) is 44.1 Å². The molecular weight excluding hydrogens is 182 g/mol. The molecular formula is C10H11NOS. The van der Waals surface area contributed by atoms with Gasteiger partial charge in [0.05, 0.1) is 5.04 Å². The quantitative estimate of drug-likeness (QED) is 0.560. The molecule has 1 aromatic carbocycles. The Balaban J connectivity index is 2.59. The van der Waals surface area contributed by atoms with E-state index < -0.39 is 0 Å². The molecule has 0 saturated heterocycles. The van der Waals surface area contributed by atoms with Crippen LogP contribution in [0.3, 0.4) is 0 Å². The number of hydrogen-bond acceptors (Lipinski definition) is 3. The molecule has 0 unspecified atom stereocenters. The molecule has 68 valence electrons. The Labute approximate surface area is 81.8 Å². The second-order valence-corrected chi connectivity index (χ2v) is 3.69. The predicted molar refractivity (Wildman–Crippen MR) is 58.1 cm³/mol. The molecule has 0 atom stereocenters. The largest absolute Gasteiger partial charge is 0.508 e. The summed E-state index contributed by atoms with van der Waals surface area (Å²) in [4.78, 5) is 0. The van der Waals surface area contributed by atoms with Crippen LogP contribution in [0.1, 0.15) is 12.5 Å². The third-order valence-electron chi connectivity index (χ3n) is 1.40. The molecule has 2 nitrogen and oxygen atoms in total. The molecule has 0 fully saturated rings. The zero-order valence-electron chi connectivity index (χ0n) is 7.32. The molecule has 1 aromatic rings. The lowest BCUT2D eigenvalue weighted by molar-refractivity contribution is 0.475. The van der Waals surface area contributed by atoms with Gasteiger partial charge in [0.25, 0.3) is 0 Å². The Morgan fingerprint density at radius 1 is 1.38 bits per heavy atom. The third-order valence-corrected chi connectivity index (χ3v) is 2.02. The van der Waals surface area contributed by atoms with Gasteiger partial charge in [-0.2, -0.15) is 0 Å². The molecule has 0 heterocycles. The zero-order valence-corrected chi connectivity index (χ0v) is 8.14. The van der Waals surface area contributed by atoms with E-state index >= 15 is 0 Å².